The van der Waals surface area contributed by atoms with Gasteiger partial charge in [0, 0.05) is 37.8 Å². The molecule has 2 aliphatic carbocycles. The van der Waals surface area contributed by atoms with Gasteiger partial charge in [0.15, 0.2) is 0 Å². The van der Waals surface area contributed by atoms with Crippen molar-refractivity contribution < 1.29 is 14.3 Å². The van der Waals surface area contributed by atoms with E-state index in [4.69, 9.17) is 4.74 Å². The average molecular weight is 343 g/mol. The Bertz CT molecular complexity index is 630. The van der Waals surface area contributed by atoms with Crippen molar-refractivity contribution in [3.8, 4) is 5.75 Å². The number of hydrogen-bond donors (Lipinski definition) is 1. The summed E-state index contributed by atoms with van der Waals surface area (Å²) in [6, 6.07) is 7.42. The Labute approximate surface area is 148 Å². The van der Waals surface area contributed by atoms with Crippen molar-refractivity contribution in [1.29, 1.82) is 0 Å². The summed E-state index contributed by atoms with van der Waals surface area (Å²) in [6.07, 6.45) is 4.60. The SMILES string of the molecule is O=C(Nc1ccc(OCC2CC2)cc1)N1CCN(C(=O)C2CC2)CC1. The highest BCUT2D eigenvalue weighted by molar-refractivity contribution is 5.89. The summed E-state index contributed by atoms with van der Waals surface area (Å²) in [7, 11) is 0. The van der Waals surface area contributed by atoms with Gasteiger partial charge >= 0.3 is 6.03 Å². The number of carbonyl (C=O) groups is 2. The molecule has 2 saturated carbocycles. The maximum absolute atomic E-state index is 12.4. The number of nitrogens with one attached hydrogen (secondary N) is 1. The standard InChI is InChI=1S/C19H25N3O3/c23-18(15-3-4-15)21-9-11-22(12-10-21)19(24)20-16-5-7-17(8-6-16)25-13-14-1-2-14/h5-8,14-15H,1-4,9-13H2,(H,20,24). The molecule has 3 fully saturated rings. The molecule has 1 saturated heterocycles. The lowest BCUT2D eigenvalue weighted by atomic mass is 10.2. The molecular formula is C19H25N3O3. The molecule has 0 unspecified atom stereocenters. The van der Waals surface area contributed by atoms with Gasteiger partial charge in [0.2, 0.25) is 5.91 Å². The summed E-state index contributed by atoms with van der Waals surface area (Å²) in [4.78, 5) is 28.1. The highest BCUT2D eigenvalue weighted by Gasteiger charge is 2.35. The van der Waals surface area contributed by atoms with Gasteiger partial charge < -0.3 is 19.9 Å². The first-order valence-electron chi connectivity index (χ1n) is 9.26. The molecule has 25 heavy (non-hydrogen) atoms. The number of benzene rings is 1. The fourth-order valence-corrected chi connectivity index (χ4v) is 3.05. The second-order valence-corrected chi connectivity index (χ2v) is 7.30. The van der Waals surface area contributed by atoms with Gasteiger partial charge in [-0.25, -0.2) is 4.79 Å². The molecule has 0 aromatic heterocycles. The molecule has 1 heterocycles. The van der Waals surface area contributed by atoms with Crippen molar-refractivity contribution in [1.82, 2.24) is 9.80 Å². The van der Waals surface area contributed by atoms with E-state index >= 15 is 0 Å². The predicted molar refractivity (Wildman–Crippen MR) is 94.6 cm³/mol. The lowest BCUT2D eigenvalue weighted by molar-refractivity contribution is -0.133. The lowest BCUT2D eigenvalue weighted by Gasteiger charge is -2.34. The number of ether oxygens (including phenoxy) is 1. The summed E-state index contributed by atoms with van der Waals surface area (Å²) in [5.41, 5.74) is 0.764. The van der Waals surface area contributed by atoms with E-state index in [1.165, 1.54) is 12.8 Å². The van der Waals surface area contributed by atoms with Crippen molar-refractivity contribution in [2.45, 2.75) is 25.7 Å². The third-order valence-electron chi connectivity index (χ3n) is 5.09. The summed E-state index contributed by atoms with van der Waals surface area (Å²) in [5.74, 6) is 2.09. The van der Waals surface area contributed by atoms with Gasteiger partial charge in [0.25, 0.3) is 0 Å². The van der Waals surface area contributed by atoms with Crippen LogP contribution in [0.1, 0.15) is 25.7 Å². The number of rotatable bonds is 5. The Morgan fingerprint density at radius 1 is 0.960 bits per heavy atom. The third kappa shape index (κ3) is 4.24. The quantitative estimate of drug-likeness (QED) is 0.894. The lowest BCUT2D eigenvalue weighted by Crippen LogP contribution is -2.52. The third-order valence-corrected chi connectivity index (χ3v) is 5.09. The van der Waals surface area contributed by atoms with Crippen LogP contribution in [0.3, 0.4) is 0 Å². The van der Waals surface area contributed by atoms with Crippen LogP contribution in [0, 0.1) is 11.8 Å². The van der Waals surface area contributed by atoms with E-state index in [2.05, 4.69) is 5.32 Å². The molecule has 1 N–H and O–H groups in total. The zero-order valence-electron chi connectivity index (χ0n) is 14.4. The number of hydrogen-bond acceptors (Lipinski definition) is 3. The predicted octanol–water partition coefficient (Wildman–Crippen LogP) is 2.56. The zero-order chi connectivity index (χ0) is 17.2. The maximum Gasteiger partial charge on any atom is 0.321 e. The molecule has 3 aliphatic rings. The smallest absolute Gasteiger partial charge is 0.321 e. The Kier molecular flexibility index (Phi) is 4.51. The van der Waals surface area contributed by atoms with Gasteiger partial charge in [-0.3, -0.25) is 4.79 Å². The highest BCUT2D eigenvalue weighted by atomic mass is 16.5. The van der Waals surface area contributed by atoms with E-state index in [1.54, 1.807) is 4.90 Å². The van der Waals surface area contributed by atoms with Crippen LogP contribution in [0.25, 0.3) is 0 Å². The van der Waals surface area contributed by atoms with Crippen LogP contribution >= 0.6 is 0 Å². The monoisotopic (exact) mass is 343 g/mol. The Balaban J connectivity index is 1.23. The molecule has 6 nitrogen and oxygen atoms in total. The first kappa shape index (κ1) is 16.2. The van der Waals surface area contributed by atoms with E-state index in [0.717, 1.165) is 36.8 Å². The Morgan fingerprint density at radius 2 is 1.60 bits per heavy atom. The molecule has 0 radical (unpaired) electrons. The minimum absolute atomic E-state index is 0.106. The van der Waals surface area contributed by atoms with E-state index in [-0.39, 0.29) is 17.9 Å². The molecule has 0 atom stereocenters. The fourth-order valence-electron chi connectivity index (χ4n) is 3.05. The molecule has 0 bridgehead atoms. The molecule has 134 valence electrons. The van der Waals surface area contributed by atoms with Crippen molar-refractivity contribution >= 4 is 17.6 Å². The average Bonchev–Trinajstić information content (AvgIpc) is 3.54. The van der Waals surface area contributed by atoms with Crippen LogP contribution in [0.5, 0.6) is 5.75 Å². The zero-order valence-corrected chi connectivity index (χ0v) is 14.4. The van der Waals surface area contributed by atoms with Gasteiger partial charge in [-0.2, -0.15) is 0 Å². The van der Waals surface area contributed by atoms with Gasteiger partial charge in [0.1, 0.15) is 5.75 Å². The number of carbonyl (C=O) groups excluding carboxylic acids is 2. The Hall–Kier alpha value is -2.24. The molecular weight excluding hydrogens is 318 g/mol. The number of amides is 3. The Morgan fingerprint density at radius 3 is 2.20 bits per heavy atom. The molecule has 4 rings (SSSR count). The van der Waals surface area contributed by atoms with E-state index in [9.17, 15) is 9.59 Å². The molecule has 0 spiro atoms. The maximum atomic E-state index is 12.4. The second kappa shape index (κ2) is 6.94. The number of piperazine rings is 1. The van der Waals surface area contributed by atoms with Gasteiger partial charge in [-0.1, -0.05) is 0 Å². The largest absolute Gasteiger partial charge is 0.493 e. The topological polar surface area (TPSA) is 61.9 Å². The summed E-state index contributed by atoms with van der Waals surface area (Å²) < 4.78 is 5.70. The van der Waals surface area contributed by atoms with Crippen molar-refractivity contribution in [3.05, 3.63) is 24.3 Å². The molecule has 3 amide bonds. The van der Waals surface area contributed by atoms with Crippen LogP contribution in [0.15, 0.2) is 24.3 Å². The molecule has 6 heteroatoms. The summed E-state index contributed by atoms with van der Waals surface area (Å²) in [5, 5.41) is 2.92. The normalized spacial score (nSPS) is 20.3. The van der Waals surface area contributed by atoms with Crippen LogP contribution in [0.4, 0.5) is 10.5 Å². The van der Waals surface area contributed by atoms with Gasteiger partial charge in [-0.15, -0.1) is 0 Å². The number of nitrogens with zero attached hydrogens (tertiary/aromatic N) is 2. The minimum atomic E-state index is -0.106. The summed E-state index contributed by atoms with van der Waals surface area (Å²) >= 11 is 0. The molecule has 1 aromatic carbocycles. The van der Waals surface area contributed by atoms with Crippen molar-refractivity contribution in [3.63, 3.8) is 0 Å². The minimum Gasteiger partial charge on any atom is -0.493 e. The summed E-state index contributed by atoms with van der Waals surface area (Å²) in [6.45, 7) is 3.24. The van der Waals surface area contributed by atoms with E-state index in [0.29, 0.717) is 26.2 Å². The number of urea groups is 1. The molecule has 1 aliphatic heterocycles. The first-order chi connectivity index (χ1) is 12.2. The second-order valence-electron chi connectivity index (χ2n) is 7.30. The van der Waals surface area contributed by atoms with Crippen LogP contribution in [-0.2, 0) is 4.79 Å². The molecule has 1 aromatic rings. The van der Waals surface area contributed by atoms with Gasteiger partial charge in [-0.05, 0) is 55.9 Å². The van der Waals surface area contributed by atoms with Crippen molar-refractivity contribution in [2.24, 2.45) is 11.8 Å². The first-order valence-corrected chi connectivity index (χ1v) is 9.26. The highest BCUT2D eigenvalue weighted by Crippen LogP contribution is 2.31. The number of anilines is 1. The van der Waals surface area contributed by atoms with Gasteiger partial charge in [0.05, 0.1) is 6.61 Å². The fraction of sp³-hybridized carbons (Fsp3) is 0.579. The van der Waals surface area contributed by atoms with Crippen molar-refractivity contribution in [2.75, 3.05) is 38.1 Å². The van der Waals surface area contributed by atoms with Crippen LogP contribution in [0.2, 0.25) is 0 Å². The van der Waals surface area contributed by atoms with Crippen LogP contribution in [-0.4, -0.2) is 54.5 Å². The van der Waals surface area contributed by atoms with E-state index < -0.39 is 0 Å². The van der Waals surface area contributed by atoms with E-state index in [1.807, 2.05) is 29.2 Å². The van der Waals surface area contributed by atoms with Crippen LogP contribution < -0.4 is 10.1 Å².